The molecular weight excluding hydrogens is 447 g/mol. The zero-order chi connectivity index (χ0) is 24.2. The number of imidazole rings is 1. The Morgan fingerprint density at radius 1 is 1.00 bits per heavy atom. The number of anilines is 1. The highest BCUT2D eigenvalue weighted by Crippen LogP contribution is 2.26. The third-order valence-corrected chi connectivity index (χ3v) is 6.03. The summed E-state index contributed by atoms with van der Waals surface area (Å²) in [5.74, 6) is 1.66. The minimum Gasteiger partial charge on any atom is -0.497 e. The topological polar surface area (TPSA) is 76.4 Å². The van der Waals surface area contributed by atoms with Crippen molar-refractivity contribution in [1.82, 2.24) is 24.4 Å². The second-order valence-electron chi connectivity index (χ2n) is 8.21. The van der Waals surface area contributed by atoms with Crippen molar-refractivity contribution in [2.45, 2.75) is 6.42 Å². The lowest BCUT2D eigenvalue weighted by molar-refractivity contribution is -0.130. The van der Waals surface area contributed by atoms with E-state index >= 15 is 0 Å². The van der Waals surface area contributed by atoms with E-state index in [0.717, 1.165) is 17.0 Å². The first-order chi connectivity index (χ1) is 17.1. The van der Waals surface area contributed by atoms with Gasteiger partial charge in [0.15, 0.2) is 0 Å². The van der Waals surface area contributed by atoms with Crippen molar-refractivity contribution >= 4 is 11.9 Å². The van der Waals surface area contributed by atoms with Crippen LogP contribution in [0.5, 0.6) is 5.75 Å². The molecule has 1 aliphatic heterocycles. The first-order valence-corrected chi connectivity index (χ1v) is 11.4. The minimum absolute atomic E-state index is 0.00946. The maximum atomic E-state index is 13.6. The fourth-order valence-corrected chi connectivity index (χ4v) is 4.15. The van der Waals surface area contributed by atoms with Crippen LogP contribution in [0.1, 0.15) is 5.82 Å². The Kier molecular flexibility index (Phi) is 6.38. The van der Waals surface area contributed by atoms with E-state index in [9.17, 15) is 9.18 Å². The summed E-state index contributed by atoms with van der Waals surface area (Å²) in [6.07, 6.45) is 5.43. The lowest BCUT2D eigenvalue weighted by atomic mass is 10.1. The van der Waals surface area contributed by atoms with Crippen LogP contribution in [0, 0.1) is 5.82 Å². The zero-order valence-electron chi connectivity index (χ0n) is 19.3. The number of rotatable bonds is 6. The van der Waals surface area contributed by atoms with Gasteiger partial charge < -0.3 is 19.1 Å². The summed E-state index contributed by atoms with van der Waals surface area (Å²) < 4.78 is 20.7. The summed E-state index contributed by atoms with van der Waals surface area (Å²) in [5, 5.41) is 0. The molecule has 0 saturated carbocycles. The molecule has 8 nitrogen and oxygen atoms in total. The van der Waals surface area contributed by atoms with E-state index in [0.29, 0.717) is 43.6 Å². The van der Waals surface area contributed by atoms with Gasteiger partial charge in [0.05, 0.1) is 19.2 Å². The van der Waals surface area contributed by atoms with Crippen molar-refractivity contribution in [1.29, 1.82) is 0 Å². The van der Waals surface area contributed by atoms with Crippen molar-refractivity contribution in [3.8, 4) is 22.7 Å². The van der Waals surface area contributed by atoms with Crippen LogP contribution in [0.15, 0.2) is 73.2 Å². The largest absolute Gasteiger partial charge is 0.497 e. The summed E-state index contributed by atoms with van der Waals surface area (Å²) in [6, 6.07) is 15.5. The summed E-state index contributed by atoms with van der Waals surface area (Å²) in [4.78, 5) is 30.5. The van der Waals surface area contributed by atoms with E-state index in [2.05, 4.69) is 14.9 Å². The van der Waals surface area contributed by atoms with Crippen LogP contribution >= 0.6 is 0 Å². The SMILES string of the molecule is COc1cccc(-c2cn(-c3ccc(F)cc3)c(CC(=O)N3CCN(c4ncccn4)CC3)n2)c1. The molecule has 2 aromatic heterocycles. The Balaban J connectivity index is 1.37. The molecule has 1 fully saturated rings. The lowest BCUT2D eigenvalue weighted by Crippen LogP contribution is -2.49. The van der Waals surface area contributed by atoms with Gasteiger partial charge in [-0.15, -0.1) is 0 Å². The van der Waals surface area contributed by atoms with Gasteiger partial charge in [0.25, 0.3) is 0 Å². The summed E-state index contributed by atoms with van der Waals surface area (Å²) in [7, 11) is 1.62. The molecule has 0 unspecified atom stereocenters. The van der Waals surface area contributed by atoms with Gasteiger partial charge in [0, 0.05) is 56.0 Å². The number of carbonyl (C=O) groups excluding carboxylic acids is 1. The third kappa shape index (κ3) is 4.98. The van der Waals surface area contributed by atoms with Crippen molar-refractivity contribution in [2.24, 2.45) is 0 Å². The molecular formula is C26H25FN6O2. The van der Waals surface area contributed by atoms with Gasteiger partial charge in [-0.25, -0.2) is 19.3 Å². The van der Waals surface area contributed by atoms with E-state index in [1.165, 1.54) is 12.1 Å². The first kappa shape index (κ1) is 22.5. The average Bonchev–Trinajstić information content (AvgIpc) is 3.33. The van der Waals surface area contributed by atoms with E-state index < -0.39 is 0 Å². The van der Waals surface area contributed by atoms with Gasteiger partial charge in [0.2, 0.25) is 11.9 Å². The van der Waals surface area contributed by atoms with Crippen LogP contribution in [0.4, 0.5) is 10.3 Å². The number of nitrogens with zero attached hydrogens (tertiary/aromatic N) is 6. The Morgan fingerprint density at radius 3 is 2.46 bits per heavy atom. The number of amides is 1. The van der Waals surface area contributed by atoms with Crippen molar-refractivity contribution in [3.05, 3.63) is 84.8 Å². The number of halogens is 1. The zero-order valence-corrected chi connectivity index (χ0v) is 19.3. The first-order valence-electron chi connectivity index (χ1n) is 11.4. The maximum Gasteiger partial charge on any atom is 0.230 e. The van der Waals surface area contributed by atoms with Crippen LogP contribution in [0.3, 0.4) is 0 Å². The van der Waals surface area contributed by atoms with Gasteiger partial charge in [0.1, 0.15) is 17.4 Å². The molecule has 1 saturated heterocycles. The molecule has 0 atom stereocenters. The quantitative estimate of drug-likeness (QED) is 0.428. The van der Waals surface area contributed by atoms with Crippen LogP contribution in [0.25, 0.3) is 16.9 Å². The maximum absolute atomic E-state index is 13.6. The fourth-order valence-electron chi connectivity index (χ4n) is 4.15. The highest BCUT2D eigenvalue weighted by atomic mass is 19.1. The predicted octanol–water partition coefficient (Wildman–Crippen LogP) is 3.37. The van der Waals surface area contributed by atoms with Crippen LogP contribution in [-0.2, 0) is 11.2 Å². The molecule has 178 valence electrons. The molecule has 0 N–H and O–H groups in total. The minimum atomic E-state index is -0.320. The van der Waals surface area contributed by atoms with E-state index in [1.807, 2.05) is 39.9 Å². The Labute approximate surface area is 202 Å². The molecule has 0 bridgehead atoms. The number of methoxy groups -OCH3 is 1. The Bertz CT molecular complexity index is 1300. The molecule has 2 aromatic carbocycles. The van der Waals surface area contributed by atoms with Gasteiger partial charge in [-0.1, -0.05) is 12.1 Å². The second kappa shape index (κ2) is 9.92. The lowest BCUT2D eigenvalue weighted by Gasteiger charge is -2.34. The molecule has 1 amide bonds. The number of aromatic nitrogens is 4. The van der Waals surface area contributed by atoms with Crippen LogP contribution in [-0.4, -0.2) is 63.6 Å². The van der Waals surface area contributed by atoms with E-state index in [-0.39, 0.29) is 18.1 Å². The molecule has 0 spiro atoms. The molecule has 0 radical (unpaired) electrons. The van der Waals surface area contributed by atoms with Crippen molar-refractivity contribution in [3.63, 3.8) is 0 Å². The highest BCUT2D eigenvalue weighted by molar-refractivity contribution is 5.79. The molecule has 0 aliphatic carbocycles. The van der Waals surface area contributed by atoms with Gasteiger partial charge in [-0.3, -0.25) is 4.79 Å². The second-order valence-corrected chi connectivity index (χ2v) is 8.21. The van der Waals surface area contributed by atoms with Gasteiger partial charge in [-0.2, -0.15) is 0 Å². The smallest absolute Gasteiger partial charge is 0.230 e. The molecule has 9 heteroatoms. The number of hydrogen-bond acceptors (Lipinski definition) is 6. The number of carbonyl (C=O) groups is 1. The van der Waals surface area contributed by atoms with Gasteiger partial charge >= 0.3 is 0 Å². The number of hydrogen-bond donors (Lipinski definition) is 0. The normalized spacial score (nSPS) is 13.7. The van der Waals surface area contributed by atoms with E-state index in [1.54, 1.807) is 37.7 Å². The third-order valence-electron chi connectivity index (χ3n) is 6.03. The number of piperazine rings is 1. The van der Waals surface area contributed by atoms with Crippen LogP contribution in [0.2, 0.25) is 0 Å². The van der Waals surface area contributed by atoms with Gasteiger partial charge in [-0.05, 0) is 42.5 Å². The summed E-state index contributed by atoms with van der Waals surface area (Å²) in [6.45, 7) is 2.49. The highest BCUT2D eigenvalue weighted by Gasteiger charge is 2.24. The Morgan fingerprint density at radius 2 is 1.74 bits per heavy atom. The van der Waals surface area contributed by atoms with Crippen LogP contribution < -0.4 is 9.64 Å². The van der Waals surface area contributed by atoms with Crippen molar-refractivity contribution < 1.29 is 13.9 Å². The average molecular weight is 473 g/mol. The predicted molar refractivity (Wildman–Crippen MR) is 130 cm³/mol. The molecule has 35 heavy (non-hydrogen) atoms. The molecule has 5 rings (SSSR count). The number of benzene rings is 2. The standard InChI is InChI=1S/C26H25FN6O2/c1-35-22-5-2-4-19(16-22)23-18-33(21-8-6-20(27)7-9-21)24(30-23)17-25(34)31-12-14-32(15-13-31)26-28-10-3-11-29-26/h2-11,16,18H,12-15,17H2,1H3. The Hall–Kier alpha value is -4.27. The summed E-state index contributed by atoms with van der Waals surface area (Å²) in [5.41, 5.74) is 2.32. The van der Waals surface area contributed by atoms with Crippen molar-refractivity contribution in [2.75, 3.05) is 38.2 Å². The molecule has 1 aliphatic rings. The molecule has 4 aromatic rings. The molecule has 3 heterocycles. The fraction of sp³-hybridized carbons (Fsp3) is 0.231. The monoisotopic (exact) mass is 472 g/mol. The van der Waals surface area contributed by atoms with E-state index in [4.69, 9.17) is 9.72 Å². The summed E-state index contributed by atoms with van der Waals surface area (Å²) >= 11 is 0. The number of ether oxygens (including phenoxy) is 1.